The van der Waals surface area contributed by atoms with Gasteiger partial charge in [-0.25, -0.2) is 4.98 Å². The fourth-order valence-electron chi connectivity index (χ4n) is 2.86. The molecule has 1 amide bonds. The van der Waals surface area contributed by atoms with Crippen molar-refractivity contribution < 1.29 is 18.9 Å². The van der Waals surface area contributed by atoms with Gasteiger partial charge >= 0.3 is 0 Å². The molecule has 0 radical (unpaired) electrons. The summed E-state index contributed by atoms with van der Waals surface area (Å²) in [5.41, 5.74) is 2.33. The molecule has 0 fully saturated rings. The summed E-state index contributed by atoms with van der Waals surface area (Å²) in [6, 6.07) is 16.0. The zero-order chi connectivity index (χ0) is 21.3. The van der Waals surface area contributed by atoms with E-state index in [0.717, 1.165) is 17.4 Å². The SMILES string of the molecule is COc1ccc(-c2nc3cc(NC(=O)c4ccc([N+](=O)[O-])cc4Cl)ccc3o2)cc1. The van der Waals surface area contributed by atoms with Gasteiger partial charge in [-0.15, -0.1) is 0 Å². The molecule has 0 aliphatic heterocycles. The maximum absolute atomic E-state index is 12.5. The molecule has 0 unspecified atom stereocenters. The molecule has 0 bridgehead atoms. The second-order valence-electron chi connectivity index (χ2n) is 6.31. The van der Waals surface area contributed by atoms with Crippen molar-refractivity contribution in [3.05, 3.63) is 81.4 Å². The van der Waals surface area contributed by atoms with E-state index in [1.54, 1.807) is 25.3 Å². The van der Waals surface area contributed by atoms with E-state index in [1.807, 2.05) is 24.3 Å². The Morgan fingerprint density at radius 1 is 1.13 bits per heavy atom. The maximum atomic E-state index is 12.5. The van der Waals surface area contributed by atoms with E-state index < -0.39 is 10.8 Å². The molecule has 3 aromatic carbocycles. The predicted molar refractivity (Wildman–Crippen MR) is 112 cm³/mol. The zero-order valence-electron chi connectivity index (χ0n) is 15.6. The fraction of sp³-hybridized carbons (Fsp3) is 0.0476. The summed E-state index contributed by atoms with van der Waals surface area (Å²) in [4.78, 5) is 27.2. The standard InChI is InChI=1S/C21H14ClN3O5/c1-29-15-6-2-12(3-7-15)21-24-18-10-13(4-9-19(18)30-21)23-20(26)16-8-5-14(25(27)28)11-17(16)22/h2-11H,1H3,(H,23,26). The highest BCUT2D eigenvalue weighted by Gasteiger charge is 2.16. The van der Waals surface area contributed by atoms with E-state index in [0.29, 0.717) is 22.7 Å². The van der Waals surface area contributed by atoms with Crippen molar-refractivity contribution in [2.24, 2.45) is 0 Å². The van der Waals surface area contributed by atoms with Crippen molar-refractivity contribution in [3.8, 4) is 17.2 Å². The number of ether oxygens (including phenoxy) is 1. The zero-order valence-corrected chi connectivity index (χ0v) is 16.3. The number of carbonyl (C=O) groups is 1. The van der Waals surface area contributed by atoms with Crippen LogP contribution in [0.15, 0.2) is 65.1 Å². The molecule has 0 aliphatic carbocycles. The number of carbonyl (C=O) groups excluding carboxylic acids is 1. The minimum atomic E-state index is -0.577. The molecule has 0 saturated carbocycles. The van der Waals surface area contributed by atoms with Gasteiger partial charge in [-0.3, -0.25) is 14.9 Å². The molecular formula is C21H14ClN3O5. The molecule has 8 nitrogen and oxygen atoms in total. The minimum absolute atomic E-state index is 0.00833. The van der Waals surface area contributed by atoms with Gasteiger partial charge in [0.1, 0.15) is 11.3 Å². The molecule has 1 aromatic heterocycles. The molecular weight excluding hydrogens is 410 g/mol. The van der Waals surface area contributed by atoms with Crippen molar-refractivity contribution in [1.29, 1.82) is 0 Å². The van der Waals surface area contributed by atoms with Crippen LogP contribution in [-0.4, -0.2) is 22.9 Å². The number of nitrogens with zero attached hydrogens (tertiary/aromatic N) is 2. The Morgan fingerprint density at radius 3 is 2.57 bits per heavy atom. The van der Waals surface area contributed by atoms with E-state index in [9.17, 15) is 14.9 Å². The van der Waals surface area contributed by atoms with Gasteiger partial charge in [-0.2, -0.15) is 0 Å². The van der Waals surface area contributed by atoms with E-state index in [2.05, 4.69) is 10.3 Å². The lowest BCUT2D eigenvalue weighted by atomic mass is 10.2. The van der Waals surface area contributed by atoms with Gasteiger partial charge < -0.3 is 14.5 Å². The summed E-state index contributed by atoms with van der Waals surface area (Å²) in [7, 11) is 1.59. The number of nitro groups is 1. The van der Waals surface area contributed by atoms with Crippen molar-refractivity contribution in [1.82, 2.24) is 4.98 Å². The smallest absolute Gasteiger partial charge is 0.270 e. The van der Waals surface area contributed by atoms with Crippen LogP contribution in [0.2, 0.25) is 5.02 Å². The van der Waals surface area contributed by atoms with Crippen LogP contribution in [0.3, 0.4) is 0 Å². The molecule has 0 atom stereocenters. The van der Waals surface area contributed by atoms with Gasteiger partial charge in [0.25, 0.3) is 11.6 Å². The van der Waals surface area contributed by atoms with Gasteiger partial charge in [0.15, 0.2) is 5.58 Å². The molecule has 30 heavy (non-hydrogen) atoms. The first kappa shape index (κ1) is 19.4. The summed E-state index contributed by atoms with van der Waals surface area (Å²) in [6.45, 7) is 0. The van der Waals surface area contributed by atoms with Gasteiger partial charge in [-0.05, 0) is 48.5 Å². The monoisotopic (exact) mass is 423 g/mol. The number of benzene rings is 3. The summed E-state index contributed by atoms with van der Waals surface area (Å²) < 4.78 is 10.9. The lowest BCUT2D eigenvalue weighted by Crippen LogP contribution is -2.12. The van der Waals surface area contributed by atoms with Crippen molar-refractivity contribution in [2.75, 3.05) is 12.4 Å². The number of non-ortho nitro benzene ring substituents is 1. The highest BCUT2D eigenvalue weighted by Crippen LogP contribution is 2.28. The second-order valence-corrected chi connectivity index (χ2v) is 6.71. The highest BCUT2D eigenvalue weighted by atomic mass is 35.5. The Balaban J connectivity index is 1.57. The molecule has 9 heteroatoms. The van der Waals surface area contributed by atoms with Gasteiger partial charge in [0, 0.05) is 23.4 Å². The Kier molecular flexibility index (Phi) is 5.07. The predicted octanol–water partition coefficient (Wildman–Crippen LogP) is 5.32. The molecule has 150 valence electrons. The van der Waals surface area contributed by atoms with Crippen LogP contribution in [0, 0.1) is 10.1 Å². The number of nitrogens with one attached hydrogen (secondary N) is 1. The number of oxazole rings is 1. The number of amides is 1. The van der Waals surface area contributed by atoms with Crippen molar-refractivity contribution in [3.63, 3.8) is 0 Å². The summed E-state index contributed by atoms with van der Waals surface area (Å²) in [5.74, 6) is 0.674. The van der Waals surface area contributed by atoms with E-state index in [-0.39, 0.29) is 16.3 Å². The van der Waals surface area contributed by atoms with Crippen molar-refractivity contribution >= 4 is 40.0 Å². The lowest BCUT2D eigenvalue weighted by Gasteiger charge is -2.06. The summed E-state index contributed by atoms with van der Waals surface area (Å²) in [6.07, 6.45) is 0. The molecule has 0 spiro atoms. The Hall–Kier alpha value is -3.91. The molecule has 0 aliphatic rings. The van der Waals surface area contributed by atoms with Gasteiger partial charge in [0.2, 0.25) is 5.89 Å². The molecule has 1 N–H and O–H groups in total. The number of nitro benzene ring substituents is 1. The van der Waals surface area contributed by atoms with Crippen LogP contribution in [0.1, 0.15) is 10.4 Å². The third-order valence-corrected chi connectivity index (χ3v) is 4.70. The number of methoxy groups -OCH3 is 1. The van der Waals surface area contributed by atoms with Crippen LogP contribution in [-0.2, 0) is 0 Å². The Morgan fingerprint density at radius 2 is 1.90 bits per heavy atom. The van der Waals surface area contributed by atoms with Crippen LogP contribution in [0.5, 0.6) is 5.75 Å². The van der Waals surface area contributed by atoms with Crippen LogP contribution < -0.4 is 10.1 Å². The normalized spacial score (nSPS) is 10.7. The number of rotatable bonds is 5. The average molecular weight is 424 g/mol. The third-order valence-electron chi connectivity index (χ3n) is 4.39. The third kappa shape index (κ3) is 3.81. The number of hydrogen-bond acceptors (Lipinski definition) is 6. The number of fused-ring (bicyclic) bond motifs is 1. The van der Waals surface area contributed by atoms with Gasteiger partial charge in [0.05, 0.1) is 22.6 Å². The molecule has 0 saturated heterocycles. The largest absolute Gasteiger partial charge is 0.497 e. The summed E-state index contributed by atoms with van der Waals surface area (Å²) >= 11 is 6.02. The first-order valence-corrected chi connectivity index (χ1v) is 9.13. The van der Waals surface area contributed by atoms with Crippen LogP contribution in [0.25, 0.3) is 22.6 Å². The maximum Gasteiger partial charge on any atom is 0.270 e. The first-order chi connectivity index (χ1) is 14.4. The van der Waals surface area contributed by atoms with E-state index in [4.69, 9.17) is 20.8 Å². The lowest BCUT2D eigenvalue weighted by molar-refractivity contribution is -0.384. The molecule has 4 aromatic rings. The minimum Gasteiger partial charge on any atom is -0.497 e. The number of anilines is 1. The number of hydrogen-bond donors (Lipinski definition) is 1. The molecule has 4 rings (SSSR count). The van der Waals surface area contributed by atoms with Gasteiger partial charge in [-0.1, -0.05) is 11.6 Å². The van der Waals surface area contributed by atoms with Crippen molar-refractivity contribution in [2.45, 2.75) is 0 Å². The number of halogens is 1. The second kappa shape index (κ2) is 7.84. The van der Waals surface area contributed by atoms with Crippen LogP contribution >= 0.6 is 11.6 Å². The van der Waals surface area contributed by atoms with E-state index in [1.165, 1.54) is 12.1 Å². The highest BCUT2D eigenvalue weighted by molar-refractivity contribution is 6.34. The van der Waals surface area contributed by atoms with E-state index >= 15 is 0 Å². The number of aromatic nitrogens is 1. The molecule has 1 heterocycles. The Bertz CT molecular complexity index is 1270. The quantitative estimate of drug-likeness (QED) is 0.344. The average Bonchev–Trinajstić information content (AvgIpc) is 3.17. The fourth-order valence-corrected chi connectivity index (χ4v) is 3.12. The first-order valence-electron chi connectivity index (χ1n) is 8.75. The Labute approximate surface area is 175 Å². The van der Waals surface area contributed by atoms with Crippen LogP contribution in [0.4, 0.5) is 11.4 Å². The topological polar surface area (TPSA) is 108 Å². The summed E-state index contributed by atoms with van der Waals surface area (Å²) in [5, 5.41) is 13.5.